The van der Waals surface area contributed by atoms with Crippen molar-refractivity contribution in [3.05, 3.63) is 66.5 Å². The van der Waals surface area contributed by atoms with E-state index in [9.17, 15) is 39.5 Å². The molecule has 0 amide bonds. The van der Waals surface area contributed by atoms with E-state index in [1.165, 1.54) is 17.1 Å². The van der Waals surface area contributed by atoms with E-state index in [4.69, 9.17) is 39.1 Å². The van der Waals surface area contributed by atoms with E-state index in [2.05, 4.69) is 63.9 Å². The van der Waals surface area contributed by atoms with Crippen LogP contribution in [0.15, 0.2) is 59.3 Å². The first-order chi connectivity index (χ1) is 22.6. The molecular weight excluding hydrogens is 687 g/mol. The van der Waals surface area contributed by atoms with Gasteiger partial charge in [0, 0.05) is 26.2 Å². The van der Waals surface area contributed by atoms with Crippen molar-refractivity contribution in [1.82, 2.24) is 19.4 Å². The van der Waals surface area contributed by atoms with Crippen LogP contribution < -0.4 is 0 Å². The molecule has 2 aliphatic rings. The van der Waals surface area contributed by atoms with Crippen molar-refractivity contribution in [2.24, 2.45) is 0 Å². The molecule has 0 unspecified atom stereocenters. The molecule has 1 saturated heterocycles. The molecule has 1 fully saturated rings. The van der Waals surface area contributed by atoms with Crippen molar-refractivity contribution < 1.29 is 73.6 Å². The molecule has 1 spiro atoms. The first-order valence-corrected chi connectivity index (χ1v) is 14.1. The molecular formula is C29H31F9N4O7. The van der Waals surface area contributed by atoms with Crippen molar-refractivity contribution in [3.63, 3.8) is 0 Å². The Labute approximate surface area is 272 Å². The third kappa shape index (κ3) is 11.5. The van der Waals surface area contributed by atoms with Gasteiger partial charge in [-0.15, -0.1) is 0 Å². The number of nitrogens with zero attached hydrogens (tertiary/aromatic N) is 4. The normalized spacial score (nSPS) is 16.1. The van der Waals surface area contributed by atoms with Crippen LogP contribution in [0, 0.1) is 0 Å². The molecule has 272 valence electrons. The number of carboxylic acids is 3. The van der Waals surface area contributed by atoms with Gasteiger partial charge in [0.15, 0.2) is 0 Å². The van der Waals surface area contributed by atoms with Crippen LogP contribution in [0.25, 0.3) is 11.3 Å². The molecule has 5 rings (SSSR count). The molecule has 1 aromatic carbocycles. The minimum absolute atomic E-state index is 0.0553. The van der Waals surface area contributed by atoms with E-state index in [0.29, 0.717) is 0 Å². The molecule has 11 nitrogen and oxygen atoms in total. The van der Waals surface area contributed by atoms with E-state index in [1.807, 2.05) is 6.07 Å². The molecule has 0 atom stereocenters. The summed E-state index contributed by atoms with van der Waals surface area (Å²) in [4.78, 5) is 36.9. The minimum atomic E-state index is -5.08. The fraction of sp³-hybridized carbons (Fsp3) is 0.448. The van der Waals surface area contributed by atoms with E-state index >= 15 is 0 Å². The Kier molecular flexibility index (Phi) is 13.8. The molecule has 4 heterocycles. The molecule has 0 bridgehead atoms. The number of carboxylic acid groups (broad SMARTS) is 3. The Morgan fingerprint density at radius 2 is 1.27 bits per heavy atom. The van der Waals surface area contributed by atoms with Gasteiger partial charge in [-0.1, -0.05) is 37.3 Å². The molecule has 2 aliphatic heterocycles. The lowest BCUT2D eigenvalue weighted by Crippen LogP contribution is -2.57. The number of aliphatic carboxylic acids is 3. The van der Waals surface area contributed by atoms with Crippen molar-refractivity contribution in [3.8, 4) is 11.3 Å². The van der Waals surface area contributed by atoms with Gasteiger partial charge in [0.25, 0.3) is 0 Å². The summed E-state index contributed by atoms with van der Waals surface area (Å²) in [5.74, 6) is -5.95. The number of imidazole rings is 1. The third-order valence-electron chi connectivity index (χ3n) is 7.29. The Morgan fingerprint density at radius 3 is 1.67 bits per heavy atom. The molecule has 0 aliphatic carbocycles. The van der Waals surface area contributed by atoms with Crippen molar-refractivity contribution in [2.75, 3.05) is 26.2 Å². The van der Waals surface area contributed by atoms with Crippen molar-refractivity contribution >= 4 is 17.9 Å². The molecule has 3 aromatic rings. The van der Waals surface area contributed by atoms with Crippen LogP contribution in [0.3, 0.4) is 0 Å². The zero-order valence-corrected chi connectivity index (χ0v) is 25.5. The van der Waals surface area contributed by atoms with E-state index in [0.717, 1.165) is 57.9 Å². The summed E-state index contributed by atoms with van der Waals surface area (Å²) in [5.41, 5.74) is 2.57. The predicted molar refractivity (Wildman–Crippen MR) is 151 cm³/mol. The average Bonchev–Trinajstić information content (AvgIpc) is 3.69. The van der Waals surface area contributed by atoms with Gasteiger partial charge < -0.3 is 24.3 Å². The van der Waals surface area contributed by atoms with E-state index in [1.54, 1.807) is 6.26 Å². The van der Waals surface area contributed by atoms with Crippen LogP contribution in [-0.4, -0.2) is 97.3 Å². The zero-order chi connectivity index (χ0) is 37.2. The quantitative estimate of drug-likeness (QED) is 0.280. The standard InChI is InChI=1S/C23H28N4O.3C2HF3O2/c1-2-26-14-15-27-21(19-7-4-3-5-8-19)17-24-22(27)23(26)10-12-25(13-11-23)18-20-9-6-16-28-20;3*3-2(4,5)1(6)7/h3-9,16-17H,2,10-15,18H2,1H3;3*(H,6,7). The van der Waals surface area contributed by atoms with Crippen LogP contribution in [0.5, 0.6) is 0 Å². The molecule has 0 saturated carbocycles. The lowest BCUT2D eigenvalue weighted by atomic mass is 9.83. The van der Waals surface area contributed by atoms with E-state index in [-0.39, 0.29) is 5.54 Å². The minimum Gasteiger partial charge on any atom is -0.475 e. The second-order valence-electron chi connectivity index (χ2n) is 10.4. The summed E-state index contributed by atoms with van der Waals surface area (Å²) in [5, 5.41) is 21.4. The number of benzene rings is 1. The van der Waals surface area contributed by atoms with Crippen molar-refractivity contribution in [2.45, 2.75) is 56.9 Å². The lowest BCUT2D eigenvalue weighted by molar-refractivity contribution is -0.193. The maximum absolute atomic E-state index is 10.6. The summed E-state index contributed by atoms with van der Waals surface area (Å²) in [6, 6.07) is 14.7. The highest BCUT2D eigenvalue weighted by Gasteiger charge is 2.46. The summed E-state index contributed by atoms with van der Waals surface area (Å²) in [7, 11) is 0. The Morgan fingerprint density at radius 1 is 0.776 bits per heavy atom. The van der Waals surface area contributed by atoms with Crippen LogP contribution in [-0.2, 0) is 33.0 Å². The number of piperidine rings is 1. The van der Waals surface area contributed by atoms with Gasteiger partial charge in [0.2, 0.25) is 0 Å². The van der Waals surface area contributed by atoms with Gasteiger partial charge in [-0.25, -0.2) is 19.4 Å². The first-order valence-electron chi connectivity index (χ1n) is 14.1. The monoisotopic (exact) mass is 718 g/mol. The smallest absolute Gasteiger partial charge is 0.475 e. The Balaban J connectivity index is 0.000000325. The Hall–Kier alpha value is -4.59. The number of rotatable bonds is 4. The van der Waals surface area contributed by atoms with Gasteiger partial charge >= 0.3 is 36.4 Å². The number of fused-ring (bicyclic) bond motifs is 2. The zero-order valence-electron chi connectivity index (χ0n) is 25.5. The highest BCUT2D eigenvalue weighted by atomic mass is 19.4. The van der Waals surface area contributed by atoms with Gasteiger partial charge in [-0.3, -0.25) is 9.80 Å². The molecule has 2 aromatic heterocycles. The first kappa shape index (κ1) is 40.6. The summed E-state index contributed by atoms with van der Waals surface area (Å²) in [6.45, 7) is 8.52. The number of alkyl halides is 9. The van der Waals surface area contributed by atoms with Crippen LogP contribution in [0.1, 0.15) is 31.4 Å². The summed E-state index contributed by atoms with van der Waals surface area (Å²) in [6.07, 6.45) is -9.16. The Bertz CT molecular complexity index is 1440. The largest absolute Gasteiger partial charge is 0.490 e. The SMILES string of the molecule is CCN1CCn2c(-c3ccccc3)cnc2C12CCN(Cc1ccco1)CC2.O=C(O)C(F)(F)F.O=C(O)C(F)(F)F.O=C(O)C(F)(F)F. The van der Waals surface area contributed by atoms with Crippen LogP contribution in [0.4, 0.5) is 39.5 Å². The fourth-order valence-corrected chi connectivity index (χ4v) is 5.09. The second kappa shape index (κ2) is 16.7. The molecule has 0 radical (unpaired) electrons. The van der Waals surface area contributed by atoms with Crippen LogP contribution in [0.2, 0.25) is 0 Å². The van der Waals surface area contributed by atoms with Gasteiger partial charge in [-0.05, 0) is 37.1 Å². The number of hydrogen-bond donors (Lipinski definition) is 3. The number of likely N-dealkylation sites (tertiary alicyclic amines) is 1. The summed E-state index contributed by atoms with van der Waals surface area (Å²) >= 11 is 0. The maximum atomic E-state index is 10.6. The lowest BCUT2D eigenvalue weighted by Gasteiger charge is -2.50. The predicted octanol–water partition coefficient (Wildman–Crippen LogP) is 5.87. The van der Waals surface area contributed by atoms with Gasteiger partial charge in [-0.2, -0.15) is 39.5 Å². The fourth-order valence-electron chi connectivity index (χ4n) is 5.09. The molecule has 3 N–H and O–H groups in total. The van der Waals surface area contributed by atoms with Crippen molar-refractivity contribution in [1.29, 1.82) is 0 Å². The average molecular weight is 719 g/mol. The number of furan rings is 1. The highest BCUT2D eigenvalue weighted by molar-refractivity contribution is 5.73. The number of carbonyl (C=O) groups is 3. The number of halogens is 9. The number of likely N-dealkylation sites (N-methyl/N-ethyl adjacent to an activating group) is 1. The number of aromatic nitrogens is 2. The second-order valence-corrected chi connectivity index (χ2v) is 10.4. The van der Waals surface area contributed by atoms with E-state index < -0.39 is 36.4 Å². The van der Waals surface area contributed by atoms with Crippen LogP contribution >= 0.6 is 0 Å². The topological polar surface area (TPSA) is 149 Å². The molecule has 49 heavy (non-hydrogen) atoms. The van der Waals surface area contributed by atoms with Gasteiger partial charge in [0.05, 0.1) is 30.2 Å². The third-order valence-corrected chi connectivity index (χ3v) is 7.29. The van der Waals surface area contributed by atoms with Gasteiger partial charge in [0.1, 0.15) is 11.6 Å². The maximum Gasteiger partial charge on any atom is 0.490 e. The number of hydrogen-bond acceptors (Lipinski definition) is 7. The highest BCUT2D eigenvalue weighted by Crippen LogP contribution is 2.42. The molecule has 20 heteroatoms. The summed E-state index contributed by atoms with van der Waals surface area (Å²) < 4.78 is 103.